The highest BCUT2D eigenvalue weighted by atomic mass is 15.0. The highest BCUT2D eigenvalue weighted by molar-refractivity contribution is 6.09. The Kier molecular flexibility index (Phi) is 7.67. The number of nitrogens with zero attached hydrogens (tertiary/aromatic N) is 2. The van der Waals surface area contributed by atoms with Crippen LogP contribution in [0, 0.1) is 0 Å². The Hall–Kier alpha value is -7.16. The van der Waals surface area contributed by atoms with Crippen LogP contribution in [0.25, 0.3) is 89.6 Å². The van der Waals surface area contributed by atoms with Crippen LogP contribution in [-0.4, -0.2) is 9.13 Å². The molecule has 2 nitrogen and oxygen atoms in total. The summed E-state index contributed by atoms with van der Waals surface area (Å²) in [7, 11) is 0. The van der Waals surface area contributed by atoms with Gasteiger partial charge in [0.2, 0.25) is 0 Å². The molecule has 264 valence electrons. The average Bonchev–Trinajstić information content (AvgIpc) is 3.79. The number of benzene rings is 8. The normalized spacial score (nSPS) is 13.8. The number of para-hydroxylation sites is 2. The maximum atomic E-state index is 2.51. The lowest BCUT2D eigenvalue weighted by atomic mass is 9.90. The molecule has 1 aliphatic rings. The molecule has 8 aromatic carbocycles. The molecule has 2 heteroatoms. The van der Waals surface area contributed by atoms with Crippen LogP contribution >= 0.6 is 0 Å². The van der Waals surface area contributed by atoms with Crippen molar-refractivity contribution >= 4 is 44.9 Å². The molecule has 0 amide bonds. The van der Waals surface area contributed by atoms with E-state index in [0.29, 0.717) is 0 Å². The van der Waals surface area contributed by atoms with E-state index in [0.717, 1.165) is 6.42 Å². The summed E-state index contributed by atoms with van der Waals surface area (Å²) in [5.41, 5.74) is 14.8. The van der Waals surface area contributed by atoms with Gasteiger partial charge in [0.25, 0.3) is 0 Å². The van der Waals surface area contributed by atoms with Crippen molar-refractivity contribution in [2.75, 3.05) is 0 Å². The third-order valence-electron chi connectivity index (χ3n) is 11.7. The van der Waals surface area contributed by atoms with Crippen molar-refractivity contribution in [2.24, 2.45) is 0 Å². The Morgan fingerprint density at radius 1 is 0.357 bits per heavy atom. The Morgan fingerprint density at radius 3 is 1.39 bits per heavy atom. The van der Waals surface area contributed by atoms with Gasteiger partial charge >= 0.3 is 0 Å². The number of rotatable bonds is 6. The lowest BCUT2D eigenvalue weighted by molar-refractivity contribution is 0.909. The van der Waals surface area contributed by atoms with Gasteiger partial charge in [-0.15, -0.1) is 0 Å². The van der Waals surface area contributed by atoms with Gasteiger partial charge < -0.3 is 9.13 Å². The molecule has 11 rings (SSSR count). The van der Waals surface area contributed by atoms with E-state index in [4.69, 9.17) is 0 Å². The lowest BCUT2D eigenvalue weighted by Crippen LogP contribution is -2.31. The molecule has 0 radical (unpaired) electrons. The largest absolute Gasteiger partial charge is 0.310 e. The first-order valence-electron chi connectivity index (χ1n) is 19.5. The summed E-state index contributed by atoms with van der Waals surface area (Å²) in [5, 5.41) is 6.47. The standard InChI is InChI=1S/C54H38N2/c1-3-11-37(12-4-1)39-19-21-40(22-20-39)42-25-31-46(32-26-42)56-52-18-10-8-16-48(52)50-36-44(28-34-54(50)56)43-27-33-53-49(35-43)47-15-7-9-17-51(47)55(53)45-29-23-41(24-30-45)38-13-5-2-6-14-38/h1-26,28-36,43H,27H2. The van der Waals surface area contributed by atoms with Gasteiger partial charge in [0.15, 0.2) is 0 Å². The first-order chi connectivity index (χ1) is 27.8. The summed E-state index contributed by atoms with van der Waals surface area (Å²) in [6.07, 6.45) is 5.91. The fourth-order valence-electron chi connectivity index (χ4n) is 8.90. The molecule has 0 fully saturated rings. The summed E-state index contributed by atoms with van der Waals surface area (Å²) < 4.78 is 4.86. The second kappa shape index (κ2) is 13.3. The highest BCUT2D eigenvalue weighted by Gasteiger charge is 2.19. The van der Waals surface area contributed by atoms with Crippen molar-refractivity contribution in [1.82, 2.24) is 9.13 Å². The minimum absolute atomic E-state index is 0.279. The van der Waals surface area contributed by atoms with E-state index in [-0.39, 0.29) is 5.92 Å². The summed E-state index contributed by atoms with van der Waals surface area (Å²) in [4.78, 5) is 0. The predicted molar refractivity (Wildman–Crippen MR) is 236 cm³/mol. The maximum Gasteiger partial charge on any atom is 0.0541 e. The molecule has 10 aromatic rings. The summed E-state index contributed by atoms with van der Waals surface area (Å²) >= 11 is 0. The number of aromatic nitrogens is 2. The first kappa shape index (κ1) is 32.3. The van der Waals surface area contributed by atoms with Gasteiger partial charge in [-0.05, 0) is 93.9 Å². The predicted octanol–water partition coefficient (Wildman–Crippen LogP) is 12.5. The van der Waals surface area contributed by atoms with Crippen LogP contribution in [-0.2, 0) is 0 Å². The van der Waals surface area contributed by atoms with Crippen LogP contribution in [0.2, 0.25) is 0 Å². The van der Waals surface area contributed by atoms with E-state index in [2.05, 4.69) is 221 Å². The van der Waals surface area contributed by atoms with E-state index in [1.807, 2.05) is 0 Å². The fraction of sp³-hybridized carbons (Fsp3) is 0.0370. The second-order valence-electron chi connectivity index (χ2n) is 14.9. The monoisotopic (exact) mass is 714 g/mol. The van der Waals surface area contributed by atoms with Gasteiger partial charge in [0.1, 0.15) is 0 Å². The highest BCUT2D eigenvalue weighted by Crippen LogP contribution is 2.36. The van der Waals surface area contributed by atoms with Crippen LogP contribution in [0.1, 0.15) is 17.9 Å². The number of hydrogen-bond donors (Lipinski definition) is 0. The minimum atomic E-state index is 0.279. The second-order valence-corrected chi connectivity index (χ2v) is 14.9. The van der Waals surface area contributed by atoms with E-state index in [1.54, 1.807) is 0 Å². The molecule has 1 unspecified atom stereocenters. The van der Waals surface area contributed by atoms with Crippen LogP contribution in [0.5, 0.6) is 0 Å². The van der Waals surface area contributed by atoms with Gasteiger partial charge in [-0.2, -0.15) is 0 Å². The minimum Gasteiger partial charge on any atom is -0.310 e. The summed E-state index contributed by atoms with van der Waals surface area (Å²) in [5.74, 6) is 0.279. The summed E-state index contributed by atoms with van der Waals surface area (Å²) in [6.45, 7) is 0. The van der Waals surface area contributed by atoms with Crippen molar-refractivity contribution in [2.45, 2.75) is 12.3 Å². The zero-order chi connectivity index (χ0) is 37.0. The molecule has 2 heterocycles. The smallest absolute Gasteiger partial charge is 0.0541 e. The van der Waals surface area contributed by atoms with Gasteiger partial charge in [-0.25, -0.2) is 0 Å². The van der Waals surface area contributed by atoms with Crippen LogP contribution in [0.3, 0.4) is 0 Å². The molecule has 0 N–H and O–H groups in total. The van der Waals surface area contributed by atoms with Crippen LogP contribution in [0.15, 0.2) is 200 Å². The topological polar surface area (TPSA) is 9.86 Å². The van der Waals surface area contributed by atoms with Crippen LogP contribution in [0.4, 0.5) is 0 Å². The maximum absolute atomic E-state index is 2.51. The Morgan fingerprint density at radius 2 is 0.804 bits per heavy atom. The van der Waals surface area contributed by atoms with E-state index < -0.39 is 0 Å². The lowest BCUT2D eigenvalue weighted by Gasteiger charge is -2.16. The summed E-state index contributed by atoms with van der Waals surface area (Å²) in [6, 6.07) is 72.9. The SMILES string of the molecule is C1=c2c(n(-c3ccc(-c4ccccc4)cc3)c3ccccc23)=CCC1c1ccc2c(c1)c1ccccc1n2-c1ccc(-c2ccc(-c3ccccc3)cc2)cc1. The molecule has 1 aliphatic carbocycles. The molecule has 0 saturated carbocycles. The van der Waals surface area contributed by atoms with Crippen molar-refractivity contribution < 1.29 is 0 Å². The van der Waals surface area contributed by atoms with Crippen molar-refractivity contribution in [3.63, 3.8) is 0 Å². The van der Waals surface area contributed by atoms with E-state index in [9.17, 15) is 0 Å². The molecule has 0 spiro atoms. The Bertz CT molecular complexity index is 3170. The Labute approximate surface area is 326 Å². The van der Waals surface area contributed by atoms with Crippen molar-refractivity contribution in [1.29, 1.82) is 0 Å². The molecule has 1 atom stereocenters. The third kappa shape index (κ3) is 5.41. The van der Waals surface area contributed by atoms with Crippen molar-refractivity contribution in [3.8, 4) is 44.8 Å². The molecule has 0 bridgehead atoms. The van der Waals surface area contributed by atoms with Crippen molar-refractivity contribution in [3.05, 3.63) is 216 Å². The van der Waals surface area contributed by atoms with Gasteiger partial charge in [-0.3, -0.25) is 0 Å². The van der Waals surface area contributed by atoms with Gasteiger partial charge in [-0.1, -0.05) is 164 Å². The zero-order valence-electron chi connectivity index (χ0n) is 30.9. The number of hydrogen-bond acceptors (Lipinski definition) is 0. The molecule has 56 heavy (non-hydrogen) atoms. The fourth-order valence-corrected chi connectivity index (χ4v) is 8.90. The first-order valence-corrected chi connectivity index (χ1v) is 19.5. The zero-order valence-corrected chi connectivity index (χ0v) is 30.9. The van der Waals surface area contributed by atoms with E-state index >= 15 is 0 Å². The van der Waals surface area contributed by atoms with Gasteiger partial charge in [0, 0.05) is 44.0 Å². The molecular formula is C54H38N2. The molecule has 0 saturated heterocycles. The molecular weight excluding hydrogens is 677 g/mol. The molecule has 0 aliphatic heterocycles. The average molecular weight is 715 g/mol. The quantitative estimate of drug-likeness (QED) is 0.162. The molecule has 2 aromatic heterocycles. The van der Waals surface area contributed by atoms with Crippen LogP contribution < -0.4 is 10.6 Å². The third-order valence-corrected chi connectivity index (χ3v) is 11.7. The Balaban J connectivity index is 0.951. The van der Waals surface area contributed by atoms with E-state index in [1.165, 1.54) is 93.6 Å². The van der Waals surface area contributed by atoms with Gasteiger partial charge in [0.05, 0.1) is 16.6 Å². The number of fused-ring (bicyclic) bond motifs is 6.